The van der Waals surface area contributed by atoms with Gasteiger partial charge >= 0.3 is 0 Å². The van der Waals surface area contributed by atoms with Gasteiger partial charge in [-0.25, -0.2) is 5.48 Å². The maximum atomic E-state index is 5.72. The van der Waals surface area contributed by atoms with Crippen LogP contribution in [0.3, 0.4) is 0 Å². The van der Waals surface area contributed by atoms with E-state index < -0.39 is 0 Å². The number of anilines is 2. The van der Waals surface area contributed by atoms with E-state index in [9.17, 15) is 0 Å². The molecule has 0 amide bonds. The molecule has 178 valence electrons. The second-order valence-corrected chi connectivity index (χ2v) is 7.54. The molecule has 0 saturated carbocycles. The molecule has 1 saturated heterocycles. The van der Waals surface area contributed by atoms with E-state index in [1.807, 2.05) is 68.7 Å². The van der Waals surface area contributed by atoms with Crippen molar-refractivity contribution in [2.45, 2.75) is 12.8 Å². The Labute approximate surface area is 197 Å². The number of ether oxygens (including phenoxy) is 2. The molecule has 7 heteroatoms. The van der Waals surface area contributed by atoms with Gasteiger partial charge < -0.3 is 30.7 Å². The SMILES string of the molecule is CNC.COc1ccc(-c2ccc(ONc3ccc(N4CCCC4)cc3)cc2)cc1OC.N. The molecular weight excluding hydrogens is 416 g/mol. The molecular formula is C26H36N4O3. The smallest absolute Gasteiger partial charge is 0.161 e. The summed E-state index contributed by atoms with van der Waals surface area (Å²) in [6.07, 6.45) is 2.56. The molecule has 3 aromatic rings. The molecule has 5 N–H and O–H groups in total. The predicted octanol–water partition coefficient (Wildman–Crippen LogP) is 5.37. The Balaban J connectivity index is 0.000000914. The van der Waals surface area contributed by atoms with Crippen LogP contribution in [-0.4, -0.2) is 41.4 Å². The van der Waals surface area contributed by atoms with Crippen LogP contribution in [0.4, 0.5) is 11.4 Å². The van der Waals surface area contributed by atoms with Gasteiger partial charge in [-0.3, -0.25) is 0 Å². The normalized spacial score (nSPS) is 12.2. The van der Waals surface area contributed by atoms with Gasteiger partial charge in [0.1, 0.15) is 0 Å². The lowest BCUT2D eigenvalue weighted by Crippen LogP contribution is -2.17. The Hall–Kier alpha value is -3.42. The fourth-order valence-corrected chi connectivity index (χ4v) is 3.56. The molecule has 33 heavy (non-hydrogen) atoms. The third-order valence-corrected chi connectivity index (χ3v) is 5.20. The van der Waals surface area contributed by atoms with Gasteiger partial charge in [-0.1, -0.05) is 18.2 Å². The van der Waals surface area contributed by atoms with Gasteiger partial charge in [0.25, 0.3) is 0 Å². The van der Waals surface area contributed by atoms with E-state index in [1.54, 1.807) is 14.2 Å². The first-order valence-corrected chi connectivity index (χ1v) is 10.9. The molecule has 4 rings (SSSR count). The quantitative estimate of drug-likeness (QED) is 0.415. The van der Waals surface area contributed by atoms with Crippen LogP contribution in [-0.2, 0) is 0 Å². The van der Waals surface area contributed by atoms with Gasteiger partial charge in [0, 0.05) is 18.8 Å². The summed E-state index contributed by atoms with van der Waals surface area (Å²) in [6.45, 7) is 2.30. The van der Waals surface area contributed by atoms with Crippen molar-refractivity contribution < 1.29 is 14.3 Å². The van der Waals surface area contributed by atoms with Gasteiger partial charge in [-0.2, -0.15) is 0 Å². The van der Waals surface area contributed by atoms with Crippen molar-refractivity contribution in [1.29, 1.82) is 0 Å². The highest BCUT2D eigenvalue weighted by Crippen LogP contribution is 2.33. The van der Waals surface area contributed by atoms with Crippen molar-refractivity contribution in [2.75, 3.05) is 51.8 Å². The predicted molar refractivity (Wildman–Crippen MR) is 137 cm³/mol. The number of methoxy groups -OCH3 is 2. The average Bonchev–Trinajstić information content (AvgIpc) is 3.38. The Morgan fingerprint density at radius 1 is 0.727 bits per heavy atom. The highest BCUT2D eigenvalue weighted by molar-refractivity contribution is 5.68. The molecule has 1 aliphatic rings. The van der Waals surface area contributed by atoms with Crippen LogP contribution in [0.15, 0.2) is 66.7 Å². The van der Waals surface area contributed by atoms with Crippen LogP contribution in [0.5, 0.6) is 17.2 Å². The Morgan fingerprint density at radius 3 is 1.88 bits per heavy atom. The van der Waals surface area contributed by atoms with Gasteiger partial charge in [-0.05, 0) is 86.6 Å². The third kappa shape index (κ3) is 7.03. The zero-order valence-corrected chi connectivity index (χ0v) is 20.1. The lowest BCUT2D eigenvalue weighted by molar-refractivity contribution is 0.355. The second kappa shape index (κ2) is 13.2. The lowest BCUT2D eigenvalue weighted by Gasteiger charge is -2.18. The standard InChI is InChI=1S/C24H26N2O3.C2H7N.H3N/c1-27-23-14-7-19(17-24(23)28-2)18-5-12-22(13-6-18)29-25-20-8-10-21(11-9-20)26-15-3-4-16-26;1-3-2;/h5-14,17,25H,3-4,15-16H2,1-2H3;3H,1-2H3;1H3. The minimum Gasteiger partial charge on any atom is -0.493 e. The van der Waals surface area contributed by atoms with Crippen molar-refractivity contribution in [1.82, 2.24) is 11.5 Å². The minimum atomic E-state index is 0. The summed E-state index contributed by atoms with van der Waals surface area (Å²) in [5.74, 6) is 2.18. The number of nitrogens with zero attached hydrogens (tertiary/aromatic N) is 1. The maximum absolute atomic E-state index is 5.72. The molecule has 1 fully saturated rings. The number of nitrogens with one attached hydrogen (secondary N) is 2. The average molecular weight is 453 g/mol. The van der Waals surface area contributed by atoms with Gasteiger partial charge in [0.05, 0.1) is 19.9 Å². The third-order valence-electron chi connectivity index (χ3n) is 5.20. The van der Waals surface area contributed by atoms with E-state index in [0.29, 0.717) is 5.75 Å². The molecule has 1 heterocycles. The van der Waals surface area contributed by atoms with Crippen molar-refractivity contribution in [2.24, 2.45) is 0 Å². The molecule has 0 aliphatic carbocycles. The first-order chi connectivity index (χ1) is 15.7. The van der Waals surface area contributed by atoms with Crippen LogP contribution >= 0.6 is 0 Å². The first-order valence-electron chi connectivity index (χ1n) is 10.9. The van der Waals surface area contributed by atoms with E-state index in [0.717, 1.165) is 41.4 Å². The highest BCUT2D eigenvalue weighted by Gasteiger charge is 2.12. The molecule has 0 bridgehead atoms. The molecule has 1 aliphatic heterocycles. The fraction of sp³-hybridized carbons (Fsp3) is 0.308. The van der Waals surface area contributed by atoms with Gasteiger partial charge in [0.2, 0.25) is 0 Å². The molecule has 7 nitrogen and oxygen atoms in total. The van der Waals surface area contributed by atoms with Crippen LogP contribution < -0.4 is 36.2 Å². The van der Waals surface area contributed by atoms with Crippen LogP contribution in [0.1, 0.15) is 12.8 Å². The second-order valence-electron chi connectivity index (χ2n) is 7.54. The molecule has 0 atom stereocenters. The van der Waals surface area contributed by atoms with Crippen LogP contribution in [0.25, 0.3) is 11.1 Å². The molecule has 0 spiro atoms. The molecule has 0 aromatic heterocycles. The van der Waals surface area contributed by atoms with E-state index in [4.69, 9.17) is 14.3 Å². The zero-order chi connectivity index (χ0) is 22.8. The maximum Gasteiger partial charge on any atom is 0.161 e. The molecule has 0 unspecified atom stereocenters. The highest BCUT2D eigenvalue weighted by atomic mass is 16.6. The topological polar surface area (TPSA) is 90.0 Å². The fourth-order valence-electron chi connectivity index (χ4n) is 3.56. The summed E-state index contributed by atoms with van der Waals surface area (Å²) in [5.41, 5.74) is 7.35. The number of rotatable bonds is 7. The minimum absolute atomic E-state index is 0. The number of benzene rings is 3. The van der Waals surface area contributed by atoms with Gasteiger partial charge in [0.15, 0.2) is 17.2 Å². The summed E-state index contributed by atoms with van der Waals surface area (Å²) in [6, 6.07) is 22.2. The largest absolute Gasteiger partial charge is 0.493 e. The van der Waals surface area contributed by atoms with E-state index in [1.165, 1.54) is 18.5 Å². The lowest BCUT2D eigenvalue weighted by atomic mass is 10.1. The number of hydrogen-bond acceptors (Lipinski definition) is 7. The monoisotopic (exact) mass is 452 g/mol. The van der Waals surface area contributed by atoms with E-state index >= 15 is 0 Å². The zero-order valence-electron chi connectivity index (χ0n) is 20.1. The summed E-state index contributed by atoms with van der Waals surface area (Å²) in [7, 11) is 7.03. The van der Waals surface area contributed by atoms with Crippen LogP contribution in [0.2, 0.25) is 0 Å². The van der Waals surface area contributed by atoms with Crippen LogP contribution in [0, 0.1) is 0 Å². The van der Waals surface area contributed by atoms with Gasteiger partial charge in [-0.15, -0.1) is 0 Å². The summed E-state index contributed by atoms with van der Waals surface area (Å²) < 4.78 is 10.7. The summed E-state index contributed by atoms with van der Waals surface area (Å²) >= 11 is 0. The molecule has 3 aromatic carbocycles. The van der Waals surface area contributed by atoms with E-state index in [-0.39, 0.29) is 6.15 Å². The Bertz CT molecular complexity index is 956. The van der Waals surface area contributed by atoms with Crippen molar-refractivity contribution in [3.63, 3.8) is 0 Å². The van der Waals surface area contributed by atoms with Crippen molar-refractivity contribution in [3.05, 3.63) is 66.7 Å². The van der Waals surface area contributed by atoms with Crippen molar-refractivity contribution in [3.8, 4) is 28.4 Å². The molecule has 0 radical (unpaired) electrons. The van der Waals surface area contributed by atoms with E-state index in [2.05, 4.69) is 27.8 Å². The Morgan fingerprint density at radius 2 is 1.30 bits per heavy atom. The first kappa shape index (κ1) is 25.8. The van der Waals surface area contributed by atoms with Crippen molar-refractivity contribution >= 4 is 11.4 Å². The number of hydrogen-bond donors (Lipinski definition) is 3. The summed E-state index contributed by atoms with van der Waals surface area (Å²) in [4.78, 5) is 8.14. The Kier molecular flexibility index (Phi) is 10.3. The summed E-state index contributed by atoms with van der Waals surface area (Å²) in [5, 5.41) is 2.75.